The molecule has 0 aromatic rings. The molecule has 0 bridgehead atoms. The van der Waals surface area contributed by atoms with Crippen molar-refractivity contribution < 1.29 is 0 Å². The van der Waals surface area contributed by atoms with Gasteiger partial charge in [0.05, 0.1) is 12.6 Å². The molecule has 4 heteroatoms. The minimum atomic E-state index is 0.193. The zero-order valence-corrected chi connectivity index (χ0v) is 7.15. The molecule has 12 heavy (non-hydrogen) atoms. The molecule has 2 aliphatic heterocycles. The molecule has 0 aliphatic carbocycles. The standard InChI is InChI=1S/C8H10N4/c1-5-6(2)12-8(11-5)7-9-3-4-10-7/h3,5H,4H2,1-2H3/t5-/m1/s1. The van der Waals surface area contributed by atoms with Gasteiger partial charge in [-0.05, 0) is 13.8 Å². The first-order chi connectivity index (χ1) is 5.77. The predicted molar refractivity (Wildman–Crippen MR) is 50.8 cm³/mol. The van der Waals surface area contributed by atoms with Gasteiger partial charge in [-0.2, -0.15) is 0 Å². The third-order valence-electron chi connectivity index (χ3n) is 1.94. The Hall–Kier alpha value is -1.32. The van der Waals surface area contributed by atoms with Crippen LogP contribution in [0, 0.1) is 0 Å². The molecule has 1 atom stereocenters. The van der Waals surface area contributed by atoms with Crippen molar-refractivity contribution in [1.29, 1.82) is 0 Å². The molecule has 0 saturated carbocycles. The summed E-state index contributed by atoms with van der Waals surface area (Å²) in [7, 11) is 0. The number of hydrogen-bond donors (Lipinski definition) is 0. The highest BCUT2D eigenvalue weighted by atomic mass is 15.1. The van der Waals surface area contributed by atoms with Crippen LogP contribution in [-0.2, 0) is 0 Å². The number of amidine groups is 2. The lowest BCUT2D eigenvalue weighted by molar-refractivity contribution is 0.995. The fourth-order valence-electron chi connectivity index (χ4n) is 1.10. The molecule has 62 valence electrons. The minimum absolute atomic E-state index is 0.193. The van der Waals surface area contributed by atoms with Gasteiger partial charge in [-0.25, -0.2) is 9.98 Å². The van der Waals surface area contributed by atoms with Gasteiger partial charge < -0.3 is 0 Å². The van der Waals surface area contributed by atoms with Crippen molar-refractivity contribution in [2.24, 2.45) is 20.0 Å². The largest absolute Gasteiger partial charge is 0.258 e. The van der Waals surface area contributed by atoms with Gasteiger partial charge in [0.25, 0.3) is 0 Å². The summed E-state index contributed by atoms with van der Waals surface area (Å²) < 4.78 is 0. The topological polar surface area (TPSA) is 49.4 Å². The molecule has 2 rings (SSSR count). The molecule has 0 aromatic heterocycles. The van der Waals surface area contributed by atoms with Gasteiger partial charge in [0.15, 0.2) is 11.7 Å². The van der Waals surface area contributed by atoms with Crippen LogP contribution >= 0.6 is 0 Å². The number of nitrogens with zero attached hydrogens (tertiary/aromatic N) is 4. The summed E-state index contributed by atoms with van der Waals surface area (Å²) in [6, 6.07) is 0.193. The summed E-state index contributed by atoms with van der Waals surface area (Å²) in [5.41, 5.74) is 1.04. The highest BCUT2D eigenvalue weighted by molar-refractivity contribution is 6.45. The van der Waals surface area contributed by atoms with Crippen LogP contribution in [0.4, 0.5) is 0 Å². The van der Waals surface area contributed by atoms with E-state index in [9.17, 15) is 0 Å². The molecule has 0 unspecified atom stereocenters. The van der Waals surface area contributed by atoms with E-state index in [1.165, 1.54) is 0 Å². The van der Waals surface area contributed by atoms with Crippen LogP contribution in [0.5, 0.6) is 0 Å². The Labute approximate surface area is 70.9 Å². The van der Waals surface area contributed by atoms with Gasteiger partial charge in [-0.1, -0.05) is 0 Å². The molecule has 0 spiro atoms. The first kappa shape index (κ1) is 7.34. The highest BCUT2D eigenvalue weighted by Gasteiger charge is 2.18. The monoisotopic (exact) mass is 162 g/mol. The molecule has 0 radical (unpaired) electrons. The second-order valence-corrected chi connectivity index (χ2v) is 2.86. The smallest absolute Gasteiger partial charge is 0.193 e. The Bertz CT molecular complexity index is 322. The number of rotatable bonds is 1. The molecular weight excluding hydrogens is 152 g/mol. The molecule has 0 aromatic carbocycles. The second kappa shape index (κ2) is 2.62. The highest BCUT2D eigenvalue weighted by Crippen LogP contribution is 2.08. The predicted octanol–water partition coefficient (Wildman–Crippen LogP) is 0.731. The third-order valence-corrected chi connectivity index (χ3v) is 1.94. The van der Waals surface area contributed by atoms with Gasteiger partial charge in [0.1, 0.15) is 0 Å². The lowest BCUT2D eigenvalue weighted by Crippen LogP contribution is -2.05. The molecule has 0 N–H and O–H groups in total. The van der Waals surface area contributed by atoms with E-state index in [1.54, 1.807) is 6.21 Å². The maximum absolute atomic E-state index is 4.32. The lowest BCUT2D eigenvalue weighted by atomic mass is 10.2. The van der Waals surface area contributed by atoms with E-state index in [2.05, 4.69) is 20.0 Å². The summed E-state index contributed by atoms with van der Waals surface area (Å²) in [6.45, 7) is 4.66. The third kappa shape index (κ3) is 1.09. The van der Waals surface area contributed by atoms with E-state index in [0.29, 0.717) is 18.2 Å². The van der Waals surface area contributed by atoms with Crippen LogP contribution in [0.2, 0.25) is 0 Å². The fraction of sp³-hybridized carbons (Fsp3) is 0.500. The zero-order valence-electron chi connectivity index (χ0n) is 7.15. The lowest BCUT2D eigenvalue weighted by Gasteiger charge is -1.93. The Morgan fingerprint density at radius 1 is 1.42 bits per heavy atom. The van der Waals surface area contributed by atoms with Crippen LogP contribution in [0.25, 0.3) is 0 Å². The summed E-state index contributed by atoms with van der Waals surface area (Å²) in [6.07, 6.45) is 1.77. The van der Waals surface area contributed by atoms with Crippen molar-refractivity contribution in [3.63, 3.8) is 0 Å². The van der Waals surface area contributed by atoms with Gasteiger partial charge in [-0.15, -0.1) is 0 Å². The van der Waals surface area contributed by atoms with E-state index in [4.69, 9.17) is 0 Å². The minimum Gasteiger partial charge on any atom is -0.258 e. The Morgan fingerprint density at radius 2 is 2.25 bits per heavy atom. The van der Waals surface area contributed by atoms with E-state index < -0.39 is 0 Å². The van der Waals surface area contributed by atoms with Crippen molar-refractivity contribution in [3.05, 3.63) is 0 Å². The fourth-order valence-corrected chi connectivity index (χ4v) is 1.10. The summed E-state index contributed by atoms with van der Waals surface area (Å²) in [4.78, 5) is 16.8. The van der Waals surface area contributed by atoms with E-state index in [0.717, 1.165) is 5.71 Å². The Balaban J connectivity index is 2.27. The van der Waals surface area contributed by atoms with Gasteiger partial charge in [-0.3, -0.25) is 9.98 Å². The molecule has 0 saturated heterocycles. The van der Waals surface area contributed by atoms with Gasteiger partial charge in [0.2, 0.25) is 0 Å². The SMILES string of the molecule is CC1=NC(C2=NCC=N2)=N[C@@H]1C. The van der Waals surface area contributed by atoms with Gasteiger partial charge >= 0.3 is 0 Å². The second-order valence-electron chi connectivity index (χ2n) is 2.86. The van der Waals surface area contributed by atoms with E-state index in [-0.39, 0.29) is 6.04 Å². The first-order valence-corrected chi connectivity index (χ1v) is 3.97. The van der Waals surface area contributed by atoms with Crippen LogP contribution in [-0.4, -0.2) is 36.2 Å². The molecule has 0 amide bonds. The zero-order chi connectivity index (χ0) is 8.55. The molecule has 0 fully saturated rings. The van der Waals surface area contributed by atoms with Crippen molar-refractivity contribution in [2.45, 2.75) is 19.9 Å². The van der Waals surface area contributed by atoms with Crippen molar-refractivity contribution in [3.8, 4) is 0 Å². The van der Waals surface area contributed by atoms with E-state index >= 15 is 0 Å². The molecular formula is C8H10N4. The van der Waals surface area contributed by atoms with Crippen LogP contribution in [0.3, 0.4) is 0 Å². The van der Waals surface area contributed by atoms with Crippen molar-refractivity contribution >= 4 is 23.6 Å². The summed E-state index contributed by atoms with van der Waals surface area (Å²) in [5, 5.41) is 0. The maximum Gasteiger partial charge on any atom is 0.193 e. The molecule has 2 heterocycles. The average molecular weight is 162 g/mol. The Kier molecular flexibility index (Phi) is 1.60. The Morgan fingerprint density at radius 3 is 2.75 bits per heavy atom. The van der Waals surface area contributed by atoms with Crippen molar-refractivity contribution in [2.75, 3.05) is 6.54 Å². The molecule has 4 nitrogen and oxygen atoms in total. The average Bonchev–Trinajstić information content (AvgIpc) is 2.61. The van der Waals surface area contributed by atoms with Crippen LogP contribution in [0.1, 0.15) is 13.8 Å². The summed E-state index contributed by atoms with van der Waals surface area (Å²) >= 11 is 0. The first-order valence-electron chi connectivity index (χ1n) is 3.97. The quantitative estimate of drug-likeness (QED) is 0.546. The van der Waals surface area contributed by atoms with E-state index in [1.807, 2.05) is 13.8 Å². The number of hydrogen-bond acceptors (Lipinski definition) is 4. The van der Waals surface area contributed by atoms with Crippen molar-refractivity contribution in [1.82, 2.24) is 0 Å². The van der Waals surface area contributed by atoms with Gasteiger partial charge in [0, 0.05) is 11.9 Å². The maximum atomic E-state index is 4.32. The van der Waals surface area contributed by atoms with Crippen LogP contribution in [0.15, 0.2) is 20.0 Å². The number of aliphatic imine (C=N–C) groups is 4. The molecule has 2 aliphatic rings. The summed E-state index contributed by atoms with van der Waals surface area (Å²) in [5.74, 6) is 1.37. The van der Waals surface area contributed by atoms with Crippen LogP contribution < -0.4 is 0 Å². The normalized spacial score (nSPS) is 27.2.